The normalized spacial score (nSPS) is 17.4. The summed E-state index contributed by atoms with van der Waals surface area (Å²) in [5, 5.41) is 0. The summed E-state index contributed by atoms with van der Waals surface area (Å²) in [4.78, 5) is 6.80. The highest BCUT2D eigenvalue weighted by Crippen LogP contribution is 2.24. The Morgan fingerprint density at radius 2 is 2.24 bits per heavy atom. The Kier molecular flexibility index (Phi) is 4.34. The molecule has 0 amide bonds. The van der Waals surface area contributed by atoms with Crippen LogP contribution in [-0.2, 0) is 11.3 Å². The second-order valence-corrected chi connectivity index (χ2v) is 4.58. The zero-order chi connectivity index (χ0) is 12.1. The lowest BCUT2D eigenvalue weighted by atomic mass is 9.97. The summed E-state index contributed by atoms with van der Waals surface area (Å²) >= 11 is 0. The van der Waals surface area contributed by atoms with Crippen molar-refractivity contribution in [3.05, 3.63) is 23.9 Å². The van der Waals surface area contributed by atoms with Crippen molar-refractivity contribution < 1.29 is 4.74 Å². The summed E-state index contributed by atoms with van der Waals surface area (Å²) in [7, 11) is 1.78. The van der Waals surface area contributed by atoms with E-state index in [0.717, 1.165) is 31.1 Å². The van der Waals surface area contributed by atoms with Crippen molar-refractivity contribution in [2.45, 2.75) is 19.4 Å². The van der Waals surface area contributed by atoms with Crippen molar-refractivity contribution in [3.63, 3.8) is 0 Å². The third kappa shape index (κ3) is 2.96. The topological polar surface area (TPSA) is 51.4 Å². The number of ether oxygens (including phenoxy) is 1. The van der Waals surface area contributed by atoms with E-state index in [-0.39, 0.29) is 0 Å². The van der Waals surface area contributed by atoms with Gasteiger partial charge in [0.05, 0.1) is 0 Å². The summed E-state index contributed by atoms with van der Waals surface area (Å²) in [6, 6.07) is 4.01. The molecule has 0 radical (unpaired) electrons. The van der Waals surface area contributed by atoms with E-state index in [9.17, 15) is 0 Å². The van der Waals surface area contributed by atoms with Crippen molar-refractivity contribution in [2.24, 2.45) is 11.7 Å². The van der Waals surface area contributed by atoms with Gasteiger partial charge in [0.15, 0.2) is 0 Å². The molecule has 2 rings (SSSR count). The number of rotatable bonds is 4. The van der Waals surface area contributed by atoms with Gasteiger partial charge in [0.25, 0.3) is 0 Å². The Balaban J connectivity index is 2.00. The van der Waals surface area contributed by atoms with Crippen LogP contribution >= 0.6 is 0 Å². The summed E-state index contributed by atoms with van der Waals surface area (Å²) in [5.41, 5.74) is 6.88. The van der Waals surface area contributed by atoms with E-state index >= 15 is 0 Å². The van der Waals surface area contributed by atoms with Crippen molar-refractivity contribution in [1.29, 1.82) is 0 Å². The van der Waals surface area contributed by atoms with Crippen molar-refractivity contribution in [3.8, 4) is 0 Å². The van der Waals surface area contributed by atoms with Gasteiger partial charge in [0.1, 0.15) is 5.82 Å². The van der Waals surface area contributed by atoms with Crippen LogP contribution in [0.4, 0.5) is 5.82 Å². The molecule has 2 heterocycles. The molecule has 4 nitrogen and oxygen atoms in total. The SMILES string of the molecule is COCC1CCN(c2ncccc2CN)CC1. The van der Waals surface area contributed by atoms with Crippen LogP contribution in [0.3, 0.4) is 0 Å². The van der Waals surface area contributed by atoms with Crippen LogP contribution in [0.5, 0.6) is 0 Å². The van der Waals surface area contributed by atoms with Gasteiger partial charge in [-0.3, -0.25) is 0 Å². The first-order valence-electron chi connectivity index (χ1n) is 6.23. The summed E-state index contributed by atoms with van der Waals surface area (Å²) in [6.07, 6.45) is 4.19. The van der Waals surface area contributed by atoms with Crippen LogP contribution in [0.2, 0.25) is 0 Å². The number of nitrogens with two attached hydrogens (primary N) is 1. The first kappa shape index (κ1) is 12.3. The van der Waals surface area contributed by atoms with Gasteiger partial charge < -0.3 is 15.4 Å². The van der Waals surface area contributed by atoms with Gasteiger partial charge in [-0.25, -0.2) is 4.98 Å². The van der Waals surface area contributed by atoms with E-state index in [4.69, 9.17) is 10.5 Å². The van der Waals surface area contributed by atoms with E-state index in [0.29, 0.717) is 12.5 Å². The molecule has 1 aromatic rings. The zero-order valence-corrected chi connectivity index (χ0v) is 10.4. The summed E-state index contributed by atoms with van der Waals surface area (Å²) < 4.78 is 5.21. The minimum atomic E-state index is 0.557. The molecule has 0 atom stereocenters. The third-order valence-corrected chi connectivity index (χ3v) is 3.40. The highest BCUT2D eigenvalue weighted by Gasteiger charge is 2.21. The molecule has 1 aliphatic heterocycles. The van der Waals surface area contributed by atoms with Crippen molar-refractivity contribution in [1.82, 2.24) is 4.98 Å². The van der Waals surface area contributed by atoms with Crippen LogP contribution in [0.25, 0.3) is 0 Å². The average molecular weight is 235 g/mol. The van der Waals surface area contributed by atoms with Crippen LogP contribution in [0.1, 0.15) is 18.4 Å². The molecule has 0 bridgehead atoms. The predicted octanol–water partition coefficient (Wildman–Crippen LogP) is 1.40. The first-order chi connectivity index (χ1) is 8.35. The number of methoxy groups -OCH3 is 1. The smallest absolute Gasteiger partial charge is 0.132 e. The number of anilines is 1. The fourth-order valence-electron chi connectivity index (χ4n) is 2.42. The predicted molar refractivity (Wildman–Crippen MR) is 68.9 cm³/mol. The molecule has 1 fully saturated rings. The second kappa shape index (κ2) is 5.98. The molecule has 94 valence electrons. The molecule has 1 aromatic heterocycles. The maximum absolute atomic E-state index is 5.75. The first-order valence-corrected chi connectivity index (χ1v) is 6.23. The van der Waals surface area contributed by atoms with E-state index in [2.05, 4.69) is 16.0 Å². The fraction of sp³-hybridized carbons (Fsp3) is 0.615. The Morgan fingerprint density at radius 3 is 2.88 bits per heavy atom. The van der Waals surface area contributed by atoms with Crippen LogP contribution in [-0.4, -0.2) is 31.8 Å². The Morgan fingerprint density at radius 1 is 1.47 bits per heavy atom. The highest BCUT2D eigenvalue weighted by molar-refractivity contribution is 5.46. The molecule has 0 saturated carbocycles. The van der Waals surface area contributed by atoms with Gasteiger partial charge in [-0.1, -0.05) is 6.07 Å². The quantitative estimate of drug-likeness (QED) is 0.857. The summed E-state index contributed by atoms with van der Waals surface area (Å²) in [5.74, 6) is 1.76. The van der Waals surface area contributed by atoms with Crippen molar-refractivity contribution >= 4 is 5.82 Å². The maximum atomic E-state index is 5.75. The van der Waals surface area contributed by atoms with Crippen LogP contribution in [0.15, 0.2) is 18.3 Å². The molecule has 0 unspecified atom stereocenters. The fourth-order valence-corrected chi connectivity index (χ4v) is 2.42. The zero-order valence-electron chi connectivity index (χ0n) is 10.4. The molecular formula is C13H21N3O. The van der Waals surface area contributed by atoms with Crippen LogP contribution < -0.4 is 10.6 Å². The van der Waals surface area contributed by atoms with Crippen molar-refractivity contribution in [2.75, 3.05) is 31.7 Å². The van der Waals surface area contributed by atoms with E-state index in [1.54, 1.807) is 7.11 Å². The van der Waals surface area contributed by atoms with Crippen LogP contribution in [0, 0.1) is 5.92 Å². The lowest BCUT2D eigenvalue weighted by Gasteiger charge is -2.33. The lowest BCUT2D eigenvalue weighted by Crippen LogP contribution is -2.36. The number of hydrogen-bond donors (Lipinski definition) is 1. The molecule has 0 aromatic carbocycles. The lowest BCUT2D eigenvalue weighted by molar-refractivity contribution is 0.139. The van der Waals surface area contributed by atoms with E-state index in [1.807, 2.05) is 12.3 Å². The van der Waals surface area contributed by atoms with Gasteiger partial charge in [-0.15, -0.1) is 0 Å². The number of pyridine rings is 1. The van der Waals surface area contributed by atoms with Gasteiger partial charge in [0, 0.05) is 45.1 Å². The molecule has 0 spiro atoms. The standard InChI is InChI=1S/C13H21N3O/c1-17-10-11-4-7-16(8-5-11)13-12(9-14)3-2-6-15-13/h2-3,6,11H,4-5,7-10,14H2,1H3. The third-order valence-electron chi connectivity index (χ3n) is 3.40. The molecule has 4 heteroatoms. The minimum Gasteiger partial charge on any atom is -0.384 e. The van der Waals surface area contributed by atoms with E-state index in [1.165, 1.54) is 12.8 Å². The van der Waals surface area contributed by atoms with Gasteiger partial charge in [-0.2, -0.15) is 0 Å². The number of hydrogen-bond acceptors (Lipinski definition) is 4. The number of piperidine rings is 1. The Hall–Kier alpha value is -1.13. The molecular weight excluding hydrogens is 214 g/mol. The second-order valence-electron chi connectivity index (χ2n) is 4.58. The van der Waals surface area contributed by atoms with Gasteiger partial charge >= 0.3 is 0 Å². The number of nitrogens with zero attached hydrogens (tertiary/aromatic N) is 2. The summed E-state index contributed by atoms with van der Waals surface area (Å²) in [6.45, 7) is 3.54. The van der Waals surface area contributed by atoms with Gasteiger partial charge in [0.2, 0.25) is 0 Å². The monoisotopic (exact) mass is 235 g/mol. The highest BCUT2D eigenvalue weighted by atomic mass is 16.5. The Labute approximate surface area is 103 Å². The molecule has 1 saturated heterocycles. The molecule has 17 heavy (non-hydrogen) atoms. The molecule has 0 aliphatic carbocycles. The minimum absolute atomic E-state index is 0.557. The molecule has 2 N–H and O–H groups in total. The largest absolute Gasteiger partial charge is 0.384 e. The number of aromatic nitrogens is 1. The van der Waals surface area contributed by atoms with E-state index < -0.39 is 0 Å². The van der Waals surface area contributed by atoms with Gasteiger partial charge in [-0.05, 0) is 24.8 Å². The average Bonchev–Trinajstić information content (AvgIpc) is 2.40. The molecule has 1 aliphatic rings. The maximum Gasteiger partial charge on any atom is 0.132 e. The Bertz CT molecular complexity index is 348.